The Kier molecular flexibility index (Phi) is 4.53. The Hall–Kier alpha value is -1.21. The zero-order chi connectivity index (χ0) is 15.8. The molecule has 1 atom stereocenters. The first-order valence-corrected chi connectivity index (χ1v) is 8.86. The van der Waals surface area contributed by atoms with E-state index in [4.69, 9.17) is 11.6 Å². The smallest absolute Gasteiger partial charge is 0.184 e. The highest BCUT2D eigenvalue weighted by Crippen LogP contribution is 2.27. The minimum absolute atomic E-state index is 0.0194. The van der Waals surface area contributed by atoms with E-state index in [1.807, 2.05) is 0 Å². The number of hydrogen-bond donors (Lipinski definition) is 0. The molecule has 8 heteroatoms. The van der Waals surface area contributed by atoms with E-state index in [1.165, 1.54) is 10.6 Å². The molecule has 0 bridgehead atoms. The molecule has 0 aliphatic carbocycles. The Balaban J connectivity index is 2.48. The highest BCUT2D eigenvalue weighted by atomic mass is 35.5. The van der Waals surface area contributed by atoms with Crippen LogP contribution in [0.3, 0.4) is 0 Å². The third-order valence-corrected chi connectivity index (χ3v) is 4.31. The molecule has 1 aromatic carbocycles. The maximum Gasteiger partial charge on any atom is 0.184 e. The van der Waals surface area contributed by atoms with Gasteiger partial charge in [0, 0.05) is 12.8 Å². The van der Waals surface area contributed by atoms with Gasteiger partial charge in [-0.05, 0) is 25.5 Å². The van der Waals surface area contributed by atoms with Gasteiger partial charge in [-0.1, -0.05) is 0 Å². The molecule has 0 fully saturated rings. The van der Waals surface area contributed by atoms with Crippen molar-refractivity contribution in [1.29, 1.82) is 0 Å². The molecule has 0 saturated heterocycles. The molecule has 1 unspecified atom stereocenters. The largest absolute Gasteiger partial charge is 0.324 e. The van der Waals surface area contributed by atoms with Crippen molar-refractivity contribution in [2.45, 2.75) is 25.3 Å². The van der Waals surface area contributed by atoms with Crippen LogP contribution in [0.25, 0.3) is 11.0 Å². The lowest BCUT2D eigenvalue weighted by Crippen LogP contribution is -2.10. The number of alkyl halides is 1. The number of aromatic nitrogens is 2. The molecule has 1 aromatic heterocycles. The number of hydrogen-bond acceptors (Lipinski definition) is 3. The van der Waals surface area contributed by atoms with Crippen LogP contribution in [-0.2, 0) is 16.4 Å². The van der Waals surface area contributed by atoms with Crippen LogP contribution < -0.4 is 0 Å². The molecule has 21 heavy (non-hydrogen) atoms. The highest BCUT2D eigenvalue weighted by Gasteiger charge is 2.20. The third-order valence-electron chi connectivity index (χ3n) is 3.08. The van der Waals surface area contributed by atoms with Gasteiger partial charge in [0.15, 0.2) is 11.6 Å². The first-order valence-electron chi connectivity index (χ1n) is 6.36. The SMILES string of the molecule is CC(Cl)c1nc2ccc(F)c(F)c2n1CCCS(C)(=O)=O. The zero-order valence-electron chi connectivity index (χ0n) is 11.6. The summed E-state index contributed by atoms with van der Waals surface area (Å²) in [6.45, 7) is 1.88. The summed E-state index contributed by atoms with van der Waals surface area (Å²) in [6, 6.07) is 2.39. The van der Waals surface area contributed by atoms with Crippen molar-refractivity contribution in [3.05, 3.63) is 29.6 Å². The fourth-order valence-electron chi connectivity index (χ4n) is 2.19. The first-order chi connectivity index (χ1) is 9.70. The molecule has 1 heterocycles. The van der Waals surface area contributed by atoms with E-state index in [9.17, 15) is 17.2 Å². The van der Waals surface area contributed by atoms with Crippen LogP contribution in [0.15, 0.2) is 12.1 Å². The molecule has 4 nitrogen and oxygen atoms in total. The summed E-state index contributed by atoms with van der Waals surface area (Å²) in [4.78, 5) is 4.20. The van der Waals surface area contributed by atoms with Crippen molar-refractivity contribution in [2.75, 3.05) is 12.0 Å². The predicted octanol–water partition coefficient (Wildman–Crippen LogP) is 3.05. The Morgan fingerprint density at radius 1 is 1.38 bits per heavy atom. The third kappa shape index (κ3) is 3.52. The van der Waals surface area contributed by atoms with E-state index in [0.717, 1.165) is 12.3 Å². The molecule has 0 N–H and O–H groups in total. The molecular weight excluding hydrogens is 322 g/mol. The average Bonchev–Trinajstić information content (AvgIpc) is 2.72. The van der Waals surface area contributed by atoms with Crippen LogP contribution in [0.1, 0.15) is 24.5 Å². The van der Waals surface area contributed by atoms with Crippen molar-refractivity contribution in [1.82, 2.24) is 9.55 Å². The second kappa shape index (κ2) is 5.88. The van der Waals surface area contributed by atoms with Gasteiger partial charge in [-0.25, -0.2) is 22.2 Å². The summed E-state index contributed by atoms with van der Waals surface area (Å²) in [7, 11) is -3.12. The van der Waals surface area contributed by atoms with E-state index in [2.05, 4.69) is 4.98 Å². The molecule has 2 rings (SSSR count). The zero-order valence-corrected chi connectivity index (χ0v) is 13.2. The Morgan fingerprint density at radius 2 is 2.05 bits per heavy atom. The maximum absolute atomic E-state index is 14.0. The summed E-state index contributed by atoms with van der Waals surface area (Å²) < 4.78 is 51.2. The van der Waals surface area contributed by atoms with Crippen LogP contribution >= 0.6 is 11.6 Å². The van der Waals surface area contributed by atoms with Crippen molar-refractivity contribution in [3.63, 3.8) is 0 Å². The van der Waals surface area contributed by atoms with Gasteiger partial charge in [-0.2, -0.15) is 0 Å². The van der Waals surface area contributed by atoms with Gasteiger partial charge in [0.1, 0.15) is 21.2 Å². The number of imidazole rings is 1. The van der Waals surface area contributed by atoms with Gasteiger partial charge in [-0.15, -0.1) is 11.6 Å². The Morgan fingerprint density at radius 3 is 2.62 bits per heavy atom. The average molecular weight is 337 g/mol. The van der Waals surface area contributed by atoms with Crippen molar-refractivity contribution in [3.8, 4) is 0 Å². The molecule has 2 aromatic rings. The molecule has 0 amide bonds. The minimum Gasteiger partial charge on any atom is -0.324 e. The fourth-order valence-corrected chi connectivity index (χ4v) is 3.01. The number of aryl methyl sites for hydroxylation is 1. The normalized spacial score (nSPS) is 13.8. The van der Waals surface area contributed by atoms with Gasteiger partial charge in [0.2, 0.25) is 0 Å². The standard InChI is InChI=1S/C13H15ClF2N2O2S/c1-8(14)13-17-10-5-4-9(15)11(16)12(10)18(13)6-3-7-21(2,19)20/h4-5,8H,3,6-7H2,1-2H3. The summed E-state index contributed by atoms with van der Waals surface area (Å²) in [6.07, 6.45) is 1.40. The van der Waals surface area contributed by atoms with E-state index < -0.39 is 26.8 Å². The summed E-state index contributed by atoms with van der Waals surface area (Å²) >= 11 is 6.02. The second-order valence-corrected chi connectivity index (χ2v) is 7.86. The summed E-state index contributed by atoms with van der Waals surface area (Å²) in [5, 5.41) is -0.502. The lowest BCUT2D eigenvalue weighted by atomic mass is 10.3. The predicted molar refractivity (Wildman–Crippen MR) is 78.2 cm³/mol. The monoisotopic (exact) mass is 336 g/mol. The maximum atomic E-state index is 14.0. The molecule has 0 saturated carbocycles. The van der Waals surface area contributed by atoms with E-state index >= 15 is 0 Å². The van der Waals surface area contributed by atoms with Gasteiger partial charge < -0.3 is 4.57 Å². The molecule has 116 valence electrons. The minimum atomic E-state index is -3.12. The van der Waals surface area contributed by atoms with Crippen molar-refractivity contribution in [2.24, 2.45) is 0 Å². The first kappa shape index (κ1) is 16.2. The van der Waals surface area contributed by atoms with Crippen molar-refractivity contribution >= 4 is 32.5 Å². The molecule has 0 radical (unpaired) electrons. The van der Waals surface area contributed by atoms with Crippen LogP contribution in [-0.4, -0.2) is 30.0 Å². The Labute approximate surface area is 126 Å². The van der Waals surface area contributed by atoms with Gasteiger partial charge >= 0.3 is 0 Å². The topological polar surface area (TPSA) is 52.0 Å². The number of rotatable bonds is 5. The number of benzene rings is 1. The Bertz CT molecular complexity index is 772. The highest BCUT2D eigenvalue weighted by molar-refractivity contribution is 7.90. The molecule has 0 aliphatic rings. The van der Waals surface area contributed by atoms with Gasteiger partial charge in [-0.3, -0.25) is 0 Å². The molecule has 0 aliphatic heterocycles. The molecular formula is C13H15ClF2N2O2S. The molecule has 0 spiro atoms. The number of nitrogens with zero attached hydrogens (tertiary/aromatic N) is 2. The lowest BCUT2D eigenvalue weighted by molar-refractivity contribution is 0.509. The van der Waals surface area contributed by atoms with Crippen molar-refractivity contribution < 1.29 is 17.2 Å². The number of fused-ring (bicyclic) bond motifs is 1. The number of halogens is 3. The van der Waals surface area contributed by atoms with E-state index in [1.54, 1.807) is 6.92 Å². The lowest BCUT2D eigenvalue weighted by Gasteiger charge is -2.10. The number of sulfone groups is 1. The van der Waals surface area contributed by atoms with E-state index in [-0.39, 0.29) is 24.2 Å². The quantitative estimate of drug-likeness (QED) is 0.788. The van der Waals surface area contributed by atoms with E-state index in [0.29, 0.717) is 11.3 Å². The van der Waals surface area contributed by atoms with Gasteiger partial charge in [0.25, 0.3) is 0 Å². The van der Waals surface area contributed by atoms with Crippen LogP contribution in [0.4, 0.5) is 8.78 Å². The van der Waals surface area contributed by atoms with Gasteiger partial charge in [0.05, 0.1) is 16.6 Å². The van der Waals surface area contributed by atoms with Crippen LogP contribution in [0, 0.1) is 11.6 Å². The fraction of sp³-hybridized carbons (Fsp3) is 0.462. The van der Waals surface area contributed by atoms with Crippen LogP contribution in [0.2, 0.25) is 0 Å². The van der Waals surface area contributed by atoms with Crippen LogP contribution in [0.5, 0.6) is 0 Å². The second-order valence-electron chi connectivity index (χ2n) is 4.95. The summed E-state index contributed by atoms with van der Waals surface area (Å²) in [5.41, 5.74) is 0.321. The summed E-state index contributed by atoms with van der Waals surface area (Å²) in [5.74, 6) is -1.62.